The van der Waals surface area contributed by atoms with Crippen LogP contribution in [-0.4, -0.2) is 20.7 Å². The highest BCUT2D eigenvalue weighted by Crippen LogP contribution is 2.28. The normalized spacial score (nSPS) is 30.9. The zero-order valence-corrected chi connectivity index (χ0v) is 7.67. The number of fused-ring (bicyclic) bond motifs is 1. The van der Waals surface area contributed by atoms with E-state index in [0.717, 1.165) is 0 Å². The van der Waals surface area contributed by atoms with Gasteiger partial charge in [0.15, 0.2) is 5.78 Å². The van der Waals surface area contributed by atoms with Gasteiger partial charge in [-0.15, -0.1) is 0 Å². The second-order valence-electron chi connectivity index (χ2n) is 3.08. The fraction of sp³-hybridized carbons (Fsp3) is 0.375. The van der Waals surface area contributed by atoms with Gasteiger partial charge in [-0.25, -0.2) is 13.1 Å². The third kappa shape index (κ3) is 1.34. The third-order valence-electron chi connectivity index (χ3n) is 2.25. The molecule has 0 saturated carbocycles. The van der Waals surface area contributed by atoms with Crippen molar-refractivity contribution >= 4 is 15.8 Å². The Balaban J connectivity index is 2.49. The van der Waals surface area contributed by atoms with Crippen molar-refractivity contribution in [2.24, 2.45) is 5.92 Å². The van der Waals surface area contributed by atoms with Gasteiger partial charge in [-0.3, -0.25) is 4.79 Å². The molecule has 1 atom stereocenters. The number of nitrogens with one attached hydrogen (secondary N) is 1. The summed E-state index contributed by atoms with van der Waals surface area (Å²) in [6, 6.07) is 0. The van der Waals surface area contributed by atoms with Gasteiger partial charge >= 0.3 is 0 Å². The van der Waals surface area contributed by atoms with E-state index in [1.165, 1.54) is 6.08 Å². The number of hydrogen-bond acceptors (Lipinski definition) is 3. The highest BCUT2D eigenvalue weighted by molar-refractivity contribution is 7.93. The van der Waals surface area contributed by atoms with Crippen LogP contribution in [0.4, 0.5) is 0 Å². The standard InChI is InChI=1S/C8H9NO3S/c10-7-5-9-13(11,12)8-4-2-1-3-6(7)8/h1-2,4,6,9H,3,5H2. The van der Waals surface area contributed by atoms with Crippen LogP contribution in [-0.2, 0) is 14.8 Å². The van der Waals surface area contributed by atoms with Crippen LogP contribution in [0.15, 0.2) is 23.1 Å². The monoisotopic (exact) mass is 199 g/mol. The van der Waals surface area contributed by atoms with Crippen molar-refractivity contribution in [1.82, 2.24) is 4.72 Å². The Morgan fingerprint density at radius 2 is 2.23 bits per heavy atom. The van der Waals surface area contributed by atoms with Gasteiger partial charge in [0.25, 0.3) is 0 Å². The van der Waals surface area contributed by atoms with Crippen LogP contribution in [0.5, 0.6) is 0 Å². The molecule has 1 N–H and O–H groups in total. The van der Waals surface area contributed by atoms with Gasteiger partial charge < -0.3 is 0 Å². The van der Waals surface area contributed by atoms with E-state index < -0.39 is 15.9 Å². The summed E-state index contributed by atoms with van der Waals surface area (Å²) in [5, 5.41) is 0. The van der Waals surface area contributed by atoms with Crippen LogP contribution in [0.2, 0.25) is 0 Å². The molecule has 13 heavy (non-hydrogen) atoms. The number of Topliss-reactive ketones (excluding diaryl/α,β-unsaturated/α-hetero) is 1. The molecule has 4 nitrogen and oxygen atoms in total. The predicted molar refractivity (Wildman–Crippen MR) is 47.3 cm³/mol. The van der Waals surface area contributed by atoms with E-state index in [-0.39, 0.29) is 17.2 Å². The second kappa shape index (κ2) is 2.78. The highest BCUT2D eigenvalue weighted by Gasteiger charge is 2.36. The van der Waals surface area contributed by atoms with E-state index >= 15 is 0 Å². The fourth-order valence-electron chi connectivity index (χ4n) is 1.55. The van der Waals surface area contributed by atoms with E-state index in [1.807, 2.05) is 6.08 Å². The lowest BCUT2D eigenvalue weighted by molar-refractivity contribution is -0.120. The molecule has 1 unspecified atom stereocenters. The summed E-state index contributed by atoms with van der Waals surface area (Å²) >= 11 is 0. The Morgan fingerprint density at radius 3 is 2.92 bits per heavy atom. The molecule has 0 aromatic rings. The Kier molecular flexibility index (Phi) is 1.85. The first-order valence-electron chi connectivity index (χ1n) is 4.00. The first-order chi connectivity index (χ1) is 6.11. The lowest BCUT2D eigenvalue weighted by atomic mass is 9.96. The third-order valence-corrected chi connectivity index (χ3v) is 3.81. The summed E-state index contributed by atoms with van der Waals surface area (Å²) in [7, 11) is -3.38. The van der Waals surface area contributed by atoms with Crippen molar-refractivity contribution in [3.63, 3.8) is 0 Å². The lowest BCUT2D eigenvalue weighted by Crippen LogP contribution is -2.43. The molecular weight excluding hydrogens is 190 g/mol. The molecule has 0 radical (unpaired) electrons. The van der Waals surface area contributed by atoms with Crippen LogP contribution in [0.3, 0.4) is 0 Å². The predicted octanol–water partition coefficient (Wildman–Crippen LogP) is -0.0515. The fourth-order valence-corrected chi connectivity index (χ4v) is 2.91. The molecule has 0 aromatic heterocycles. The number of hydrogen-bond donors (Lipinski definition) is 1. The molecule has 1 fully saturated rings. The molecule has 0 amide bonds. The number of carbonyl (C=O) groups excluding carboxylic acids is 1. The van der Waals surface area contributed by atoms with E-state index in [2.05, 4.69) is 4.72 Å². The summed E-state index contributed by atoms with van der Waals surface area (Å²) in [5.41, 5.74) is 0. The number of carbonyl (C=O) groups is 1. The Bertz CT molecular complexity index is 405. The van der Waals surface area contributed by atoms with Crippen molar-refractivity contribution in [2.45, 2.75) is 6.42 Å². The highest BCUT2D eigenvalue weighted by atomic mass is 32.2. The Hall–Kier alpha value is -0.940. The van der Waals surface area contributed by atoms with Gasteiger partial charge in [0, 0.05) is 0 Å². The number of sulfonamides is 1. The molecule has 2 rings (SSSR count). The largest absolute Gasteiger partial charge is 0.297 e. The van der Waals surface area contributed by atoms with Crippen LogP contribution in [0, 0.1) is 5.92 Å². The minimum absolute atomic E-state index is 0.0505. The number of rotatable bonds is 0. The van der Waals surface area contributed by atoms with Gasteiger partial charge in [0.05, 0.1) is 17.4 Å². The van der Waals surface area contributed by atoms with Crippen LogP contribution in [0.1, 0.15) is 6.42 Å². The molecule has 2 aliphatic rings. The van der Waals surface area contributed by atoms with Gasteiger partial charge in [0.2, 0.25) is 10.0 Å². The maximum atomic E-state index is 11.4. The number of allylic oxidation sites excluding steroid dienone is 4. The molecule has 1 saturated heterocycles. The smallest absolute Gasteiger partial charge is 0.237 e. The SMILES string of the molecule is O=C1CNS(=O)(=O)C2=CC=CCC12. The topological polar surface area (TPSA) is 63.2 Å². The van der Waals surface area contributed by atoms with E-state index in [0.29, 0.717) is 6.42 Å². The van der Waals surface area contributed by atoms with Crippen molar-refractivity contribution in [3.8, 4) is 0 Å². The van der Waals surface area contributed by atoms with E-state index in [4.69, 9.17) is 0 Å². The van der Waals surface area contributed by atoms with Crippen molar-refractivity contribution in [2.75, 3.05) is 6.54 Å². The number of ketones is 1. The van der Waals surface area contributed by atoms with Crippen molar-refractivity contribution in [3.05, 3.63) is 23.1 Å². The quantitative estimate of drug-likeness (QED) is 0.595. The zero-order valence-electron chi connectivity index (χ0n) is 6.86. The van der Waals surface area contributed by atoms with Crippen LogP contribution < -0.4 is 4.72 Å². The second-order valence-corrected chi connectivity index (χ2v) is 4.84. The summed E-state index contributed by atoms with van der Waals surface area (Å²) in [5.74, 6) is -0.498. The van der Waals surface area contributed by atoms with Crippen LogP contribution in [0.25, 0.3) is 0 Å². The minimum atomic E-state index is -3.38. The van der Waals surface area contributed by atoms with Crippen molar-refractivity contribution in [1.29, 1.82) is 0 Å². The summed E-state index contributed by atoms with van der Waals surface area (Å²) in [6.45, 7) is -0.0713. The van der Waals surface area contributed by atoms with Crippen LogP contribution >= 0.6 is 0 Å². The maximum absolute atomic E-state index is 11.4. The Morgan fingerprint density at radius 1 is 1.46 bits per heavy atom. The molecule has 1 aliphatic carbocycles. The van der Waals surface area contributed by atoms with Crippen molar-refractivity contribution < 1.29 is 13.2 Å². The summed E-state index contributed by atoms with van der Waals surface area (Å²) in [6.07, 6.45) is 5.48. The molecule has 1 aliphatic heterocycles. The molecule has 0 bridgehead atoms. The molecule has 1 heterocycles. The summed E-state index contributed by atoms with van der Waals surface area (Å²) in [4.78, 5) is 11.5. The van der Waals surface area contributed by atoms with Gasteiger partial charge in [0.1, 0.15) is 0 Å². The molecule has 70 valence electrons. The Labute approximate surface area is 76.4 Å². The molecule has 0 spiro atoms. The lowest BCUT2D eigenvalue weighted by Gasteiger charge is -2.25. The average molecular weight is 199 g/mol. The summed E-state index contributed by atoms with van der Waals surface area (Å²) < 4.78 is 25.0. The van der Waals surface area contributed by atoms with E-state index in [9.17, 15) is 13.2 Å². The molecule has 0 aromatic carbocycles. The molecule has 5 heteroatoms. The minimum Gasteiger partial charge on any atom is -0.297 e. The molecular formula is C8H9NO3S. The van der Waals surface area contributed by atoms with Gasteiger partial charge in [-0.1, -0.05) is 12.2 Å². The first-order valence-corrected chi connectivity index (χ1v) is 5.49. The zero-order chi connectivity index (χ0) is 9.47. The average Bonchev–Trinajstić information content (AvgIpc) is 2.13. The maximum Gasteiger partial charge on any atom is 0.237 e. The van der Waals surface area contributed by atoms with E-state index in [1.54, 1.807) is 6.08 Å². The first kappa shape index (κ1) is 8.65. The van der Waals surface area contributed by atoms with Gasteiger partial charge in [-0.2, -0.15) is 0 Å². The van der Waals surface area contributed by atoms with Gasteiger partial charge in [-0.05, 0) is 12.5 Å².